The Kier molecular flexibility index (Phi) is 4.76. The molecular weight excluding hydrogens is 308 g/mol. The molecule has 3 aliphatic rings. The molecule has 4 heteroatoms. The summed E-state index contributed by atoms with van der Waals surface area (Å²) in [6.07, 6.45) is 3.55. The van der Waals surface area contributed by atoms with Crippen molar-refractivity contribution in [2.75, 3.05) is 45.8 Å². The van der Waals surface area contributed by atoms with Gasteiger partial charge < -0.3 is 0 Å². The van der Waals surface area contributed by atoms with Gasteiger partial charge in [-0.15, -0.1) is 0 Å². The van der Waals surface area contributed by atoms with Crippen molar-refractivity contribution in [1.29, 1.82) is 5.26 Å². The van der Waals surface area contributed by atoms with Crippen molar-refractivity contribution in [3.63, 3.8) is 0 Å². The highest BCUT2D eigenvalue weighted by Crippen LogP contribution is 2.69. The Labute approximate surface area is 155 Å². The minimum absolute atomic E-state index is 0.0686. The van der Waals surface area contributed by atoms with Gasteiger partial charge in [-0.3, -0.25) is 14.7 Å². The lowest BCUT2D eigenvalue weighted by molar-refractivity contribution is 0.0427. The summed E-state index contributed by atoms with van der Waals surface area (Å²) in [6.45, 7) is 21.7. The van der Waals surface area contributed by atoms with Crippen LogP contribution in [0.4, 0.5) is 0 Å². The average Bonchev–Trinajstić information content (AvgIpc) is 3.12. The first-order valence-electron chi connectivity index (χ1n) is 10.2. The summed E-state index contributed by atoms with van der Waals surface area (Å²) in [7, 11) is 0. The largest absolute Gasteiger partial charge is 0.299 e. The first kappa shape index (κ1) is 19.1. The van der Waals surface area contributed by atoms with Crippen LogP contribution in [-0.2, 0) is 0 Å². The number of hydrogen-bond acceptors (Lipinski definition) is 4. The molecule has 0 aromatic heterocycles. The zero-order valence-electron chi connectivity index (χ0n) is 17.4. The van der Waals surface area contributed by atoms with Gasteiger partial charge in [-0.2, -0.15) is 5.26 Å². The van der Waals surface area contributed by atoms with Crippen molar-refractivity contribution in [3.05, 3.63) is 0 Å². The van der Waals surface area contributed by atoms with E-state index in [4.69, 9.17) is 0 Å². The number of likely N-dealkylation sites (tertiary alicyclic amines) is 1. The van der Waals surface area contributed by atoms with Gasteiger partial charge in [0.25, 0.3) is 0 Å². The molecule has 1 spiro atoms. The molecule has 25 heavy (non-hydrogen) atoms. The van der Waals surface area contributed by atoms with E-state index in [0.29, 0.717) is 5.41 Å². The number of rotatable bonds is 2. The van der Waals surface area contributed by atoms with Crippen molar-refractivity contribution < 1.29 is 0 Å². The first-order chi connectivity index (χ1) is 11.5. The summed E-state index contributed by atoms with van der Waals surface area (Å²) in [5.41, 5.74) is 0.764. The summed E-state index contributed by atoms with van der Waals surface area (Å²) in [6, 6.07) is 2.78. The molecule has 1 atom stereocenters. The van der Waals surface area contributed by atoms with Gasteiger partial charge in [-0.25, -0.2) is 0 Å². The Balaban J connectivity index is 1.56. The molecular formula is C21H38N4. The van der Waals surface area contributed by atoms with Gasteiger partial charge in [0.05, 0.1) is 11.5 Å². The monoisotopic (exact) mass is 346 g/mol. The van der Waals surface area contributed by atoms with Crippen LogP contribution in [0.5, 0.6) is 0 Å². The molecule has 4 nitrogen and oxygen atoms in total. The van der Waals surface area contributed by atoms with E-state index < -0.39 is 0 Å². The number of hydrogen-bond donors (Lipinski definition) is 0. The van der Waals surface area contributed by atoms with E-state index in [1.54, 1.807) is 0 Å². The maximum absolute atomic E-state index is 10.0. The van der Waals surface area contributed by atoms with E-state index in [0.717, 1.165) is 52.2 Å². The van der Waals surface area contributed by atoms with Crippen LogP contribution >= 0.6 is 0 Å². The Morgan fingerprint density at radius 1 is 0.800 bits per heavy atom. The molecule has 0 bridgehead atoms. The Bertz CT molecular complexity index is 520. The number of nitrogens with zero attached hydrogens (tertiary/aromatic N) is 4. The van der Waals surface area contributed by atoms with Gasteiger partial charge in [-0.1, -0.05) is 0 Å². The molecule has 0 aromatic rings. The zero-order valence-corrected chi connectivity index (χ0v) is 17.4. The van der Waals surface area contributed by atoms with Crippen molar-refractivity contribution >= 4 is 0 Å². The summed E-state index contributed by atoms with van der Waals surface area (Å²) in [5, 5.41) is 10.0. The van der Waals surface area contributed by atoms with Crippen LogP contribution in [0.15, 0.2) is 0 Å². The van der Waals surface area contributed by atoms with Gasteiger partial charge >= 0.3 is 0 Å². The van der Waals surface area contributed by atoms with Gasteiger partial charge in [0.2, 0.25) is 0 Å². The molecule has 1 aliphatic carbocycles. The Hall–Kier alpha value is -0.630. The molecule has 1 saturated carbocycles. The van der Waals surface area contributed by atoms with Crippen LogP contribution in [-0.4, -0.2) is 71.6 Å². The predicted octanol–water partition coefficient (Wildman–Crippen LogP) is 3.20. The zero-order chi connectivity index (χ0) is 18.5. The normalized spacial score (nSPS) is 31.9. The van der Waals surface area contributed by atoms with E-state index in [1.807, 2.05) is 0 Å². The lowest BCUT2D eigenvalue weighted by atomic mass is 9.83. The van der Waals surface area contributed by atoms with Gasteiger partial charge in [0.15, 0.2) is 0 Å². The van der Waals surface area contributed by atoms with E-state index in [2.05, 4.69) is 62.3 Å². The van der Waals surface area contributed by atoms with Gasteiger partial charge in [0.1, 0.15) is 0 Å². The molecule has 0 radical (unpaired) electrons. The average molecular weight is 347 g/mol. The lowest BCUT2D eigenvalue weighted by Gasteiger charge is -2.44. The predicted molar refractivity (Wildman–Crippen MR) is 103 cm³/mol. The maximum Gasteiger partial charge on any atom is 0.0764 e. The second-order valence-corrected chi connectivity index (χ2v) is 10.7. The maximum atomic E-state index is 10.0. The molecule has 2 saturated heterocycles. The SMILES string of the molecule is CC(C)(C)N1CCN(CC2(C#N)CC23CCN(C(C)(C)C)CC3)CC1. The second kappa shape index (κ2) is 6.22. The number of nitriles is 1. The van der Waals surface area contributed by atoms with Crippen molar-refractivity contribution in [1.82, 2.24) is 14.7 Å². The molecule has 2 heterocycles. The highest BCUT2D eigenvalue weighted by atomic mass is 15.3. The van der Waals surface area contributed by atoms with Gasteiger partial charge in [0, 0.05) is 43.8 Å². The molecule has 0 N–H and O–H groups in total. The van der Waals surface area contributed by atoms with Crippen LogP contribution < -0.4 is 0 Å². The first-order valence-corrected chi connectivity index (χ1v) is 10.2. The van der Waals surface area contributed by atoms with E-state index in [-0.39, 0.29) is 16.5 Å². The summed E-state index contributed by atoms with van der Waals surface area (Å²) >= 11 is 0. The molecule has 2 aliphatic heterocycles. The van der Waals surface area contributed by atoms with E-state index in [9.17, 15) is 5.26 Å². The Morgan fingerprint density at radius 3 is 1.72 bits per heavy atom. The third kappa shape index (κ3) is 3.61. The summed E-state index contributed by atoms with van der Waals surface area (Å²) in [4.78, 5) is 7.74. The minimum atomic E-state index is -0.0686. The fraction of sp³-hybridized carbons (Fsp3) is 0.952. The van der Waals surface area contributed by atoms with E-state index in [1.165, 1.54) is 12.8 Å². The molecule has 0 aromatic carbocycles. The molecule has 3 fully saturated rings. The molecule has 0 amide bonds. The van der Waals surface area contributed by atoms with Crippen LogP contribution in [0.1, 0.15) is 60.8 Å². The summed E-state index contributed by atoms with van der Waals surface area (Å²) in [5.74, 6) is 0. The van der Waals surface area contributed by atoms with Crippen molar-refractivity contribution in [2.24, 2.45) is 10.8 Å². The van der Waals surface area contributed by atoms with Crippen LogP contribution in [0.2, 0.25) is 0 Å². The highest BCUT2D eigenvalue weighted by Gasteiger charge is 2.68. The lowest BCUT2D eigenvalue weighted by Crippen LogP contribution is -2.54. The van der Waals surface area contributed by atoms with E-state index >= 15 is 0 Å². The molecule has 3 rings (SSSR count). The molecule has 1 unspecified atom stereocenters. The third-order valence-corrected chi connectivity index (χ3v) is 7.23. The van der Waals surface area contributed by atoms with Gasteiger partial charge in [-0.05, 0) is 79.3 Å². The van der Waals surface area contributed by atoms with Crippen molar-refractivity contribution in [2.45, 2.75) is 71.9 Å². The smallest absolute Gasteiger partial charge is 0.0764 e. The quantitative estimate of drug-likeness (QED) is 0.769. The number of piperidine rings is 1. The fourth-order valence-corrected chi connectivity index (χ4v) is 5.17. The van der Waals surface area contributed by atoms with Crippen LogP contribution in [0.25, 0.3) is 0 Å². The third-order valence-electron chi connectivity index (χ3n) is 7.23. The second-order valence-electron chi connectivity index (χ2n) is 10.7. The molecule has 142 valence electrons. The highest BCUT2D eigenvalue weighted by molar-refractivity contribution is 5.27. The van der Waals surface area contributed by atoms with Crippen LogP contribution in [0.3, 0.4) is 0 Å². The standard InChI is InChI=1S/C21H38N4/c1-18(2,3)24-9-7-20(8-10-24)15-21(20,16-22)17-23-11-13-25(14-12-23)19(4,5)6/h7-15,17H2,1-6H3. The van der Waals surface area contributed by atoms with Crippen LogP contribution in [0, 0.1) is 22.2 Å². The van der Waals surface area contributed by atoms with Crippen molar-refractivity contribution in [3.8, 4) is 6.07 Å². The topological polar surface area (TPSA) is 33.5 Å². The fourth-order valence-electron chi connectivity index (χ4n) is 5.17. The minimum Gasteiger partial charge on any atom is -0.299 e. The number of piperazine rings is 1. The summed E-state index contributed by atoms with van der Waals surface area (Å²) < 4.78 is 0. The Morgan fingerprint density at radius 2 is 1.28 bits per heavy atom.